The number of carbonyl (C=O) groups excluding carboxylic acids is 13. The third-order valence-electron chi connectivity index (χ3n) is 22.3. The molecule has 0 saturated carbocycles. The first-order chi connectivity index (χ1) is 62.5. The van der Waals surface area contributed by atoms with Crippen LogP contribution in [0.5, 0.6) is 5.75 Å². The first-order valence-electron chi connectivity index (χ1n) is 45.6. The predicted octanol–water partition coefficient (Wildman–Crippen LogP) is 12.8. The van der Waals surface area contributed by atoms with Crippen molar-refractivity contribution < 1.29 is 120 Å². The van der Waals surface area contributed by atoms with Gasteiger partial charge in [-0.15, -0.1) is 11.8 Å². The third kappa shape index (κ3) is 38.2. The Morgan fingerprint density at radius 1 is 0.492 bits per heavy atom. The van der Waals surface area contributed by atoms with Gasteiger partial charge in [0.25, 0.3) is 0 Å². The number of amides is 5. The van der Waals surface area contributed by atoms with Gasteiger partial charge in [0.15, 0.2) is 5.78 Å². The predicted molar refractivity (Wildman–Crippen MR) is 501 cm³/mol. The van der Waals surface area contributed by atoms with Crippen LogP contribution in [0.1, 0.15) is 242 Å². The number of thiol groups is 1. The van der Waals surface area contributed by atoms with Gasteiger partial charge in [0.05, 0.1) is 85.7 Å². The number of alkyl carbamates (subject to hydrolysis) is 1. The van der Waals surface area contributed by atoms with Crippen LogP contribution >= 0.6 is 24.4 Å². The van der Waals surface area contributed by atoms with Crippen molar-refractivity contribution in [1.29, 1.82) is 0 Å². The smallest absolute Gasteiger partial charge is 0.408 e. The van der Waals surface area contributed by atoms with Gasteiger partial charge in [0.2, 0.25) is 23.6 Å². The Kier molecular flexibility index (Phi) is 47.8. The van der Waals surface area contributed by atoms with Gasteiger partial charge in [-0.05, 0) is 160 Å². The zero-order chi connectivity index (χ0) is 98.0. The Morgan fingerprint density at radius 3 is 1.33 bits per heavy atom. The maximum atomic E-state index is 15.0. The van der Waals surface area contributed by atoms with Crippen molar-refractivity contribution in [1.82, 2.24) is 26.6 Å². The fourth-order valence-electron chi connectivity index (χ4n) is 15.0. The molecule has 4 aromatic rings. The monoisotopic (exact) mass is 1870 g/mol. The summed E-state index contributed by atoms with van der Waals surface area (Å²) in [6.45, 7) is 27.8. The van der Waals surface area contributed by atoms with Crippen molar-refractivity contribution in [2.24, 2.45) is 29.4 Å². The normalized spacial score (nSPS) is 17.5. The lowest BCUT2D eigenvalue weighted by Gasteiger charge is -2.36. The Labute approximate surface area is 785 Å². The average Bonchev–Trinajstić information content (AvgIpc) is 0.758. The minimum Gasteiger partial charge on any atom is -0.494 e. The van der Waals surface area contributed by atoms with Crippen LogP contribution in [0.4, 0.5) is 4.79 Å². The molecule has 4 aromatic carbocycles. The standard InChI is InChI=1S/C68H89N3O14S.C31H49N3O11S/c1-12-53(13-2)83-59-41-48(63(77)81-15-4)39-56(45(59)5)69-60(74)38-34-52(72)33-37-55(71-65(79)85-67(9,10)11)58(73)40-47(42-61(75)84-66(6,7)8)62(76)70-57(64(78)82-43-46-31-35-54(36-32-46)80-14-3)44-86-68(49-25-19-16-20-26-49,50-27-21-17-22-28-50)51-29-23-18-24-30-51;1-5-21(6-2)45-26-14-19(31(43)44-7-3)12-23(17(26)4)33-27(37)11-9-20(35)8-10-22(32)25(36)13-18(15-28(38)39)29(40)34-24(16-46)30(41)42/h16-32,35-36,41,45,47,53,55-57,59H,12-15,33-34,37-40,42-44H2,1-11H3,(H,69,74)(H,70,76)(H,71,79);14,17-18,21-24,26,46H,5-13,15-16,32H2,1-4H3,(H,33,37)(H,34,40)(H,38,39)(H,41,42)/t45-,47+,55+,56+,57+,59-;17-,18+,22+,23+,24+,26-/m11/s1. The Bertz CT molecular complexity index is 4410. The number of esters is 4. The molecule has 2 aliphatic rings. The molecule has 2 aliphatic carbocycles. The summed E-state index contributed by atoms with van der Waals surface area (Å²) in [5, 5.41) is 31.8. The number of ketones is 4. The number of carbonyl (C=O) groups is 15. The number of rotatable bonds is 54. The highest BCUT2D eigenvalue weighted by atomic mass is 32.2. The molecule has 0 aromatic heterocycles. The first-order valence-corrected chi connectivity index (χ1v) is 47.2. The molecular weight excluding hydrogens is 1740 g/mol. The Morgan fingerprint density at radius 2 is 0.924 bits per heavy atom. The summed E-state index contributed by atoms with van der Waals surface area (Å²) in [6.07, 6.45) is 1.26. The Balaban J connectivity index is 0.000000565. The van der Waals surface area contributed by atoms with Gasteiger partial charge in [-0.2, -0.15) is 12.6 Å². The molecule has 5 amide bonds. The van der Waals surface area contributed by atoms with Crippen molar-refractivity contribution in [3.63, 3.8) is 0 Å². The molecule has 31 nitrogen and oxygen atoms in total. The highest BCUT2D eigenvalue weighted by Crippen LogP contribution is 2.49. The van der Waals surface area contributed by atoms with Crippen molar-refractivity contribution in [3.8, 4) is 5.75 Å². The van der Waals surface area contributed by atoms with Gasteiger partial charge in [0.1, 0.15) is 53.0 Å². The quantitative estimate of drug-likeness (QED) is 0.00858. The van der Waals surface area contributed by atoms with E-state index < -0.39 is 179 Å². The van der Waals surface area contributed by atoms with E-state index in [-0.39, 0.29) is 131 Å². The van der Waals surface area contributed by atoms with Gasteiger partial charge in [-0.1, -0.05) is 145 Å². The lowest BCUT2D eigenvalue weighted by atomic mass is 9.83. The van der Waals surface area contributed by atoms with Crippen LogP contribution in [0.25, 0.3) is 0 Å². The summed E-state index contributed by atoms with van der Waals surface area (Å²) in [4.78, 5) is 197. The summed E-state index contributed by atoms with van der Waals surface area (Å²) in [6, 6.07) is 30.2. The van der Waals surface area contributed by atoms with Crippen LogP contribution in [0.3, 0.4) is 0 Å². The number of Topliss-reactive ketones (excluding diaryl/α,β-unsaturated/α-hetero) is 4. The molecule has 12 atom stereocenters. The summed E-state index contributed by atoms with van der Waals surface area (Å²) >= 11 is 5.24. The third-order valence-corrected chi connectivity index (χ3v) is 24.3. The molecule has 0 aliphatic heterocycles. The van der Waals surface area contributed by atoms with Crippen molar-refractivity contribution >= 4 is 113 Å². The number of benzene rings is 4. The van der Waals surface area contributed by atoms with Crippen LogP contribution < -0.4 is 37.1 Å². The second kappa shape index (κ2) is 56.4. The van der Waals surface area contributed by atoms with Crippen molar-refractivity contribution in [3.05, 3.63) is 161 Å². The van der Waals surface area contributed by atoms with E-state index in [0.29, 0.717) is 29.1 Å². The molecule has 0 saturated heterocycles. The zero-order valence-electron chi connectivity index (χ0n) is 78.9. The van der Waals surface area contributed by atoms with Gasteiger partial charge >= 0.3 is 41.9 Å². The number of carboxylic acid groups (broad SMARTS) is 2. The molecule has 6 rings (SSSR count). The maximum absolute atomic E-state index is 15.0. The number of ether oxygens (including phenoxy) is 8. The summed E-state index contributed by atoms with van der Waals surface area (Å²) in [7, 11) is 0. The number of hydrogen-bond donors (Lipinski definition) is 9. The average molecular weight is 1880 g/mol. The summed E-state index contributed by atoms with van der Waals surface area (Å²) in [5.41, 5.74) is 8.09. The molecule has 726 valence electrons. The van der Waals surface area contributed by atoms with E-state index in [1.807, 2.05) is 139 Å². The minimum absolute atomic E-state index is 0.0139. The number of thioether (sulfide) groups is 1. The molecule has 0 spiro atoms. The van der Waals surface area contributed by atoms with E-state index in [9.17, 15) is 67.1 Å². The zero-order valence-corrected chi connectivity index (χ0v) is 80.6. The van der Waals surface area contributed by atoms with Crippen LogP contribution in [-0.4, -0.2) is 202 Å². The number of carboxylic acids is 2. The molecule has 0 fully saturated rings. The molecule has 33 heteroatoms. The van der Waals surface area contributed by atoms with Crippen LogP contribution in [-0.2, 0) is 112 Å². The molecule has 0 radical (unpaired) electrons. The van der Waals surface area contributed by atoms with Crippen molar-refractivity contribution in [2.45, 2.75) is 303 Å². The van der Waals surface area contributed by atoms with Gasteiger partial charge < -0.3 is 80.4 Å². The van der Waals surface area contributed by atoms with Crippen molar-refractivity contribution in [2.75, 3.05) is 31.3 Å². The number of nitrogens with one attached hydrogen (secondary N) is 5. The van der Waals surface area contributed by atoms with Crippen LogP contribution in [0.15, 0.2) is 139 Å². The second-order valence-corrected chi connectivity index (χ2v) is 36.5. The highest BCUT2D eigenvalue weighted by molar-refractivity contribution is 8.00. The van der Waals surface area contributed by atoms with Gasteiger partial charge in [-0.3, -0.25) is 47.9 Å². The molecule has 0 heterocycles. The van der Waals surface area contributed by atoms with E-state index in [1.54, 1.807) is 91.8 Å². The second-order valence-electron chi connectivity index (χ2n) is 34.9. The van der Waals surface area contributed by atoms with Crippen LogP contribution in [0, 0.1) is 23.7 Å². The van der Waals surface area contributed by atoms with E-state index in [2.05, 4.69) is 39.2 Å². The minimum atomic E-state index is -1.46. The van der Waals surface area contributed by atoms with E-state index in [1.165, 1.54) is 11.8 Å². The fourth-order valence-corrected chi connectivity index (χ4v) is 16.7. The molecule has 9 N–H and O–H groups in total. The molecular formula is C99H138N6O25S2. The van der Waals surface area contributed by atoms with Gasteiger partial charge in [-0.25, -0.2) is 24.0 Å². The molecule has 0 bridgehead atoms. The topological polar surface area (TPSA) is 457 Å². The van der Waals surface area contributed by atoms with E-state index in [0.717, 1.165) is 42.4 Å². The fraction of sp³-hybridized carbons (Fsp3) is 0.566. The first kappa shape index (κ1) is 112. The maximum Gasteiger partial charge on any atom is 0.408 e. The van der Waals surface area contributed by atoms with Crippen LogP contribution in [0.2, 0.25) is 0 Å². The van der Waals surface area contributed by atoms with Gasteiger partial charge in [0, 0.05) is 97.9 Å². The SMILES string of the molecule is CCOC(=O)C1=C[C@@H](OC(CC)CC)[C@H](C)[C@@H](NC(=O)CCC(=O)CC[C@H](N)C(=O)C[C@@H](CC(=O)O)C(=O)N[C@@H](CS)C(=O)O)C1.CCOC(=O)C1=C[C@@H](OC(CC)CC)[C@H](C)[C@@H](NC(=O)CCC(=O)CC[C@H](NC(=O)OC(C)(C)C)C(=O)C[C@@H](CC(=O)OC(C)(C)C)C(=O)N[C@@H](CSC(c2ccccc2)(c2ccccc2)c2ccccc2)C(=O)OCc2ccc(OCC)cc2)C1. The number of aliphatic carboxylic acids is 2. The largest absolute Gasteiger partial charge is 0.494 e. The van der Waals surface area contributed by atoms with E-state index >= 15 is 4.79 Å². The number of hydrogen-bond acceptors (Lipinski definition) is 26. The number of nitrogens with two attached hydrogens (primary N) is 1. The summed E-state index contributed by atoms with van der Waals surface area (Å²) < 4.78 is 44.9. The van der Waals surface area contributed by atoms with E-state index in [4.69, 9.17) is 53.8 Å². The highest BCUT2D eigenvalue weighted by Gasteiger charge is 2.43. The molecule has 132 heavy (non-hydrogen) atoms. The lowest BCUT2D eigenvalue weighted by Crippen LogP contribution is -2.49. The molecule has 0 unspecified atom stereocenters. The lowest BCUT2D eigenvalue weighted by molar-refractivity contribution is -0.158. The summed E-state index contributed by atoms with van der Waals surface area (Å²) in [5.74, 6) is -12.8. The Hall–Kier alpha value is -10.6.